The van der Waals surface area contributed by atoms with Crippen LogP contribution in [-0.2, 0) is 29.7 Å². The Labute approximate surface area is 300 Å². The molecule has 3 atom stereocenters. The first-order valence-electron chi connectivity index (χ1n) is 17.8. The Bertz CT molecular complexity index is 1900. The number of hydrogen-bond acceptors (Lipinski definition) is 7. The predicted molar refractivity (Wildman–Crippen MR) is 194 cm³/mol. The minimum atomic E-state index is -3.78. The Hall–Kier alpha value is -4.53. The van der Waals surface area contributed by atoms with E-state index in [1.54, 1.807) is 37.3 Å². The average molecular weight is 713 g/mol. The summed E-state index contributed by atoms with van der Waals surface area (Å²) in [6.45, 7) is 18.1. The number of rotatable bonds is 12. The molecule has 1 saturated carbocycles. The third-order valence-electron chi connectivity index (χ3n) is 10.9. The monoisotopic (exact) mass is 712 g/mol. The van der Waals surface area contributed by atoms with E-state index in [1.807, 2.05) is 18.2 Å². The number of benzene rings is 3. The number of carbonyl (C=O) groups is 2. The summed E-state index contributed by atoms with van der Waals surface area (Å²) in [5, 5.41) is 2.60. The van der Waals surface area contributed by atoms with E-state index in [0.29, 0.717) is 17.2 Å². The maximum Gasteiger partial charge on any atom is 0.305 e. The van der Waals surface area contributed by atoms with Gasteiger partial charge in [-0.15, -0.1) is 0 Å². The van der Waals surface area contributed by atoms with Crippen molar-refractivity contribution in [2.24, 2.45) is 17.8 Å². The Morgan fingerprint density at radius 2 is 1.75 bits per heavy atom. The van der Waals surface area contributed by atoms with Crippen LogP contribution in [0.5, 0.6) is 0 Å². The number of nitrogens with zero attached hydrogens (tertiary/aromatic N) is 3. The zero-order valence-corrected chi connectivity index (χ0v) is 29.8. The molecule has 0 aromatic heterocycles. The number of piperidine rings is 1. The highest BCUT2D eigenvalue weighted by atomic mass is 32.2. The fraction of sp³-hybridized carbons (Fsp3) is 0.425. The molecular formula is C40H45FN4O5S. The van der Waals surface area contributed by atoms with Crippen LogP contribution in [0.15, 0.2) is 95.2 Å². The van der Waals surface area contributed by atoms with E-state index in [1.165, 1.54) is 24.3 Å². The first kappa shape index (κ1) is 36.3. The average Bonchev–Trinajstić information content (AvgIpc) is 3.59. The third-order valence-corrected chi connectivity index (χ3v) is 12.6. The van der Waals surface area contributed by atoms with E-state index < -0.39 is 21.3 Å². The van der Waals surface area contributed by atoms with E-state index >= 15 is 0 Å². The zero-order valence-electron chi connectivity index (χ0n) is 29.0. The van der Waals surface area contributed by atoms with Crippen LogP contribution in [0.3, 0.4) is 0 Å². The van der Waals surface area contributed by atoms with Crippen LogP contribution in [0.1, 0.15) is 51.0 Å². The number of ether oxygens (including phenoxy) is 1. The number of likely N-dealkylation sites (tertiary alicyclic amines) is 1. The van der Waals surface area contributed by atoms with Gasteiger partial charge in [-0.1, -0.05) is 31.7 Å². The summed E-state index contributed by atoms with van der Waals surface area (Å²) in [7, 11) is -3.78. The minimum absolute atomic E-state index is 0.0139. The molecule has 1 amide bonds. The summed E-state index contributed by atoms with van der Waals surface area (Å²) in [4.78, 5) is 33.3. The molecule has 6 rings (SSSR count). The van der Waals surface area contributed by atoms with E-state index in [-0.39, 0.29) is 45.9 Å². The zero-order chi connectivity index (χ0) is 36.2. The molecule has 2 heterocycles. The molecule has 0 bridgehead atoms. The number of halogens is 1. The lowest BCUT2D eigenvalue weighted by molar-refractivity contribution is -0.152. The molecule has 3 aromatic carbocycles. The Kier molecular flexibility index (Phi) is 10.9. The van der Waals surface area contributed by atoms with Crippen molar-refractivity contribution in [3.63, 3.8) is 0 Å². The maximum atomic E-state index is 14.6. The number of anilines is 2. The van der Waals surface area contributed by atoms with Crippen molar-refractivity contribution in [1.82, 2.24) is 4.90 Å². The Morgan fingerprint density at radius 3 is 2.41 bits per heavy atom. The largest absolute Gasteiger partial charge is 0.462 e. The van der Waals surface area contributed by atoms with E-state index in [0.717, 1.165) is 76.6 Å². The fourth-order valence-corrected chi connectivity index (χ4v) is 9.58. The highest BCUT2D eigenvalue weighted by Crippen LogP contribution is 2.52. The van der Waals surface area contributed by atoms with Crippen LogP contribution in [0.25, 0.3) is 4.85 Å². The number of nitrogens with one attached hydrogen (secondary N) is 1. The van der Waals surface area contributed by atoms with Crippen molar-refractivity contribution in [2.45, 2.75) is 66.9 Å². The minimum Gasteiger partial charge on any atom is -0.462 e. The van der Waals surface area contributed by atoms with Gasteiger partial charge in [0.1, 0.15) is 11.9 Å². The van der Waals surface area contributed by atoms with Crippen molar-refractivity contribution in [1.29, 1.82) is 0 Å². The van der Waals surface area contributed by atoms with Gasteiger partial charge in [0.05, 0.1) is 15.7 Å². The van der Waals surface area contributed by atoms with E-state index in [9.17, 15) is 22.4 Å². The summed E-state index contributed by atoms with van der Waals surface area (Å²) in [5.74, 6) is -0.737. The molecule has 268 valence electrons. The molecular weight excluding hydrogens is 668 g/mol. The number of sulfone groups is 1. The highest BCUT2D eigenvalue weighted by molar-refractivity contribution is 7.91. The van der Waals surface area contributed by atoms with Crippen LogP contribution in [0, 0.1) is 30.1 Å². The lowest BCUT2D eigenvalue weighted by Crippen LogP contribution is -2.54. The van der Waals surface area contributed by atoms with Gasteiger partial charge in [-0.25, -0.2) is 19.4 Å². The van der Waals surface area contributed by atoms with E-state index in [2.05, 4.69) is 26.5 Å². The Balaban J connectivity index is 1.06. The third kappa shape index (κ3) is 7.58. The summed E-state index contributed by atoms with van der Waals surface area (Å²) in [6.07, 6.45) is 5.05. The van der Waals surface area contributed by atoms with Gasteiger partial charge in [0.25, 0.3) is 5.54 Å². The van der Waals surface area contributed by atoms with Crippen molar-refractivity contribution >= 4 is 33.1 Å². The number of carbonyl (C=O) groups excluding carboxylic acids is 2. The van der Waals surface area contributed by atoms with Crippen LogP contribution in [0.4, 0.5) is 15.8 Å². The lowest BCUT2D eigenvalue weighted by Gasteiger charge is -2.46. The van der Waals surface area contributed by atoms with Gasteiger partial charge in [-0.2, -0.15) is 0 Å². The molecule has 11 heteroatoms. The normalized spacial score (nSPS) is 21.2. The molecule has 0 spiro atoms. The second-order valence-corrected chi connectivity index (χ2v) is 15.9. The smallest absolute Gasteiger partial charge is 0.305 e. The van der Waals surface area contributed by atoms with Crippen molar-refractivity contribution in [3.05, 3.63) is 108 Å². The molecule has 51 heavy (non-hydrogen) atoms. The van der Waals surface area contributed by atoms with Crippen LogP contribution >= 0.6 is 0 Å². The van der Waals surface area contributed by atoms with Gasteiger partial charge in [-0.3, -0.25) is 9.59 Å². The van der Waals surface area contributed by atoms with Crippen molar-refractivity contribution < 1.29 is 27.1 Å². The number of amides is 1. The van der Waals surface area contributed by atoms with Crippen molar-refractivity contribution in [2.75, 3.05) is 42.9 Å². The highest BCUT2D eigenvalue weighted by Gasteiger charge is 2.58. The van der Waals surface area contributed by atoms with Gasteiger partial charge >= 0.3 is 5.97 Å². The molecule has 0 radical (unpaired) electrons. The molecule has 2 saturated heterocycles. The standard InChI is InChI=1S/C40H45FN4O5S/c1-4-38(46)43-32-11-7-12-35(24-32)51(48,49)34-17-15-33(16-18-34)45-26-28(27-45)25-44-21-19-29(20-22-44)40(42-3,30-9-6-10-31(41)23-30)36-13-8-14-37(36)50-39(47)5-2/h4,6-7,9-12,15-18,23-24,28-29,36-37H,1,5,8,13-14,19-22,25-27H2,2H3,(H,43,46)/t36-,37-,40+/m0/s1. The SMILES string of the molecule is [C-]#[N+][C@@](c1cccc(F)c1)(C1CCN(CC2CN(c3ccc(S(=O)(=O)c4cccc(NC(=O)C=C)c4)cc3)C2)CC1)[C@H]1CCC[C@@H]1OC(=O)CC. The Morgan fingerprint density at radius 1 is 1.02 bits per heavy atom. The molecule has 3 fully saturated rings. The van der Waals surface area contributed by atoms with Crippen LogP contribution < -0.4 is 10.2 Å². The molecule has 1 aliphatic carbocycles. The van der Waals surface area contributed by atoms with Gasteiger partial charge in [0.15, 0.2) is 0 Å². The number of esters is 1. The summed E-state index contributed by atoms with van der Waals surface area (Å²) in [5.41, 5.74) is 1.07. The van der Waals surface area contributed by atoms with Gasteiger partial charge < -0.3 is 24.7 Å². The van der Waals surface area contributed by atoms with Gasteiger partial charge in [0, 0.05) is 54.8 Å². The second kappa shape index (κ2) is 15.4. The molecule has 9 nitrogen and oxygen atoms in total. The topological polar surface area (TPSA) is 100 Å². The summed E-state index contributed by atoms with van der Waals surface area (Å²) >= 11 is 0. The van der Waals surface area contributed by atoms with E-state index in [4.69, 9.17) is 11.3 Å². The molecule has 3 aliphatic rings. The molecule has 2 aliphatic heterocycles. The molecule has 1 N–H and O–H groups in total. The number of hydrogen-bond donors (Lipinski definition) is 1. The quantitative estimate of drug-likeness (QED) is 0.124. The second-order valence-electron chi connectivity index (χ2n) is 13.9. The first-order valence-corrected chi connectivity index (χ1v) is 19.3. The predicted octanol–water partition coefficient (Wildman–Crippen LogP) is 6.87. The lowest BCUT2D eigenvalue weighted by atomic mass is 9.65. The maximum absolute atomic E-state index is 14.6. The fourth-order valence-electron chi connectivity index (χ4n) is 8.28. The molecule has 0 unspecified atom stereocenters. The van der Waals surface area contributed by atoms with Crippen LogP contribution in [0.2, 0.25) is 0 Å². The van der Waals surface area contributed by atoms with Gasteiger partial charge in [0.2, 0.25) is 15.7 Å². The van der Waals surface area contributed by atoms with Crippen LogP contribution in [-0.4, -0.2) is 64.0 Å². The first-order chi connectivity index (χ1) is 24.6. The summed E-state index contributed by atoms with van der Waals surface area (Å²) in [6, 6.07) is 19.6. The van der Waals surface area contributed by atoms with Gasteiger partial charge in [-0.05, 0) is 106 Å². The molecule has 3 aromatic rings. The van der Waals surface area contributed by atoms with Crippen molar-refractivity contribution in [3.8, 4) is 0 Å². The summed E-state index contributed by atoms with van der Waals surface area (Å²) < 4.78 is 47.1.